The molecule has 0 radical (unpaired) electrons. The fourth-order valence-electron chi connectivity index (χ4n) is 4.03. The molecular weight excluding hydrogens is 617 g/mol. The van der Waals surface area contributed by atoms with E-state index in [4.69, 9.17) is 4.74 Å². The summed E-state index contributed by atoms with van der Waals surface area (Å²) >= 11 is 2.13. The number of carbonyl (C=O) groups excluding carboxylic acids is 2. The Morgan fingerprint density at radius 2 is 1.63 bits per heavy atom. The highest BCUT2D eigenvalue weighted by Crippen LogP contribution is 2.22. The van der Waals surface area contributed by atoms with Crippen molar-refractivity contribution in [3.63, 3.8) is 0 Å². The largest absolute Gasteiger partial charge is 0.497 e. The van der Waals surface area contributed by atoms with E-state index < -0.39 is 28.5 Å². The maximum Gasteiger partial charge on any atom is 0.244 e. The van der Waals surface area contributed by atoms with Crippen molar-refractivity contribution in [2.45, 2.75) is 25.9 Å². The quantitative estimate of drug-likeness (QED) is 0.301. The van der Waals surface area contributed by atoms with Gasteiger partial charge in [0.2, 0.25) is 21.8 Å². The molecule has 0 aromatic heterocycles. The van der Waals surface area contributed by atoms with Crippen molar-refractivity contribution >= 4 is 50.1 Å². The van der Waals surface area contributed by atoms with Gasteiger partial charge in [0, 0.05) is 23.1 Å². The van der Waals surface area contributed by atoms with Crippen molar-refractivity contribution in [3.05, 3.63) is 93.6 Å². The third kappa shape index (κ3) is 8.19. The Morgan fingerprint density at radius 1 is 0.974 bits per heavy atom. The van der Waals surface area contributed by atoms with E-state index in [1.807, 2.05) is 49.4 Å². The molecule has 1 atom stereocenters. The van der Waals surface area contributed by atoms with Gasteiger partial charge in [-0.3, -0.25) is 13.9 Å². The summed E-state index contributed by atoms with van der Waals surface area (Å²) in [6.07, 6.45) is 1.33. The predicted molar refractivity (Wildman–Crippen MR) is 158 cm³/mol. The van der Waals surface area contributed by atoms with Crippen LogP contribution in [0.4, 0.5) is 5.69 Å². The minimum absolute atomic E-state index is 0.0922. The highest BCUT2D eigenvalue weighted by Gasteiger charge is 2.32. The van der Waals surface area contributed by atoms with Crippen molar-refractivity contribution in [1.82, 2.24) is 10.2 Å². The van der Waals surface area contributed by atoms with Crippen LogP contribution in [-0.4, -0.2) is 57.6 Å². The molecule has 0 aliphatic carbocycles. The summed E-state index contributed by atoms with van der Waals surface area (Å²) in [4.78, 5) is 28.7. The summed E-state index contributed by atoms with van der Waals surface area (Å²) in [5.41, 5.74) is 2.00. The molecule has 0 aliphatic heterocycles. The number of hydrogen-bond acceptors (Lipinski definition) is 5. The van der Waals surface area contributed by atoms with Crippen molar-refractivity contribution in [1.29, 1.82) is 0 Å². The van der Waals surface area contributed by atoms with Crippen LogP contribution in [0.5, 0.6) is 5.75 Å². The number of hydrogen-bond donors (Lipinski definition) is 1. The van der Waals surface area contributed by atoms with E-state index >= 15 is 0 Å². The zero-order valence-corrected chi connectivity index (χ0v) is 24.6. The molecule has 2 amide bonds. The average Bonchev–Trinajstić information content (AvgIpc) is 2.90. The highest BCUT2D eigenvalue weighted by molar-refractivity contribution is 14.1. The van der Waals surface area contributed by atoms with Gasteiger partial charge in [-0.15, -0.1) is 0 Å². The van der Waals surface area contributed by atoms with E-state index in [9.17, 15) is 18.0 Å². The number of sulfonamides is 1. The summed E-state index contributed by atoms with van der Waals surface area (Å²) < 4.78 is 32.9. The second-order valence-electron chi connectivity index (χ2n) is 8.72. The molecule has 0 spiro atoms. The molecule has 0 heterocycles. The monoisotopic (exact) mass is 649 g/mol. The van der Waals surface area contributed by atoms with Crippen LogP contribution in [0.15, 0.2) is 78.9 Å². The first-order chi connectivity index (χ1) is 18.1. The number of amides is 2. The van der Waals surface area contributed by atoms with Crippen LogP contribution in [0, 0.1) is 3.57 Å². The molecule has 202 valence electrons. The number of nitrogens with one attached hydrogen (secondary N) is 1. The number of benzene rings is 3. The van der Waals surface area contributed by atoms with Gasteiger partial charge in [0.15, 0.2) is 0 Å². The van der Waals surface area contributed by atoms with E-state index in [2.05, 4.69) is 27.9 Å². The fourth-order valence-corrected chi connectivity index (χ4v) is 5.24. The number of nitrogens with zero attached hydrogens (tertiary/aromatic N) is 2. The lowest BCUT2D eigenvalue weighted by molar-refractivity contribution is -0.140. The SMILES string of the molecule is CCNC(=O)C(Cc1ccccc1)N(Cc1cccc(OC)c1)C(=O)CN(c1ccc(I)cc1)S(C)(=O)=O. The third-order valence-corrected chi connectivity index (χ3v) is 7.76. The first-order valence-corrected chi connectivity index (χ1v) is 15.0. The number of halogens is 1. The van der Waals surface area contributed by atoms with Crippen LogP contribution in [0.25, 0.3) is 0 Å². The summed E-state index contributed by atoms with van der Waals surface area (Å²) in [6, 6.07) is 22.7. The Labute approximate surface area is 238 Å². The van der Waals surface area contributed by atoms with Gasteiger partial charge in [-0.2, -0.15) is 0 Å². The topological polar surface area (TPSA) is 96.0 Å². The molecule has 10 heteroatoms. The van der Waals surface area contributed by atoms with Crippen LogP contribution in [0.3, 0.4) is 0 Å². The molecule has 0 bridgehead atoms. The van der Waals surface area contributed by atoms with E-state index in [-0.39, 0.29) is 18.9 Å². The molecule has 38 heavy (non-hydrogen) atoms. The fraction of sp³-hybridized carbons (Fsp3) is 0.286. The molecule has 3 aromatic rings. The number of carbonyl (C=O) groups is 2. The van der Waals surface area contributed by atoms with Crippen LogP contribution in [-0.2, 0) is 32.6 Å². The number of methoxy groups -OCH3 is 1. The molecule has 0 saturated heterocycles. The van der Waals surface area contributed by atoms with Gasteiger partial charge in [-0.05, 0) is 77.0 Å². The van der Waals surface area contributed by atoms with Crippen molar-refractivity contribution in [2.75, 3.05) is 30.8 Å². The molecule has 3 rings (SSSR count). The van der Waals surface area contributed by atoms with Gasteiger partial charge in [0.1, 0.15) is 18.3 Å². The molecule has 1 unspecified atom stereocenters. The van der Waals surface area contributed by atoms with Gasteiger partial charge in [0.05, 0.1) is 19.1 Å². The second kappa shape index (κ2) is 13.6. The zero-order chi connectivity index (χ0) is 27.7. The zero-order valence-electron chi connectivity index (χ0n) is 21.6. The lowest BCUT2D eigenvalue weighted by Crippen LogP contribution is -2.53. The molecule has 0 aliphatic rings. The van der Waals surface area contributed by atoms with Gasteiger partial charge < -0.3 is 15.0 Å². The van der Waals surface area contributed by atoms with Gasteiger partial charge in [-0.1, -0.05) is 42.5 Å². The first kappa shape index (κ1) is 29.4. The summed E-state index contributed by atoms with van der Waals surface area (Å²) in [5.74, 6) is -0.194. The molecule has 0 saturated carbocycles. The van der Waals surface area contributed by atoms with Gasteiger partial charge >= 0.3 is 0 Å². The number of rotatable bonds is 12. The highest BCUT2D eigenvalue weighted by atomic mass is 127. The van der Waals surface area contributed by atoms with Crippen LogP contribution >= 0.6 is 22.6 Å². The Morgan fingerprint density at radius 3 is 2.24 bits per heavy atom. The summed E-state index contributed by atoms with van der Waals surface area (Å²) in [7, 11) is -2.24. The number of ether oxygens (including phenoxy) is 1. The lowest BCUT2D eigenvalue weighted by Gasteiger charge is -2.33. The van der Waals surface area contributed by atoms with E-state index in [1.165, 1.54) is 4.90 Å². The standard InChI is InChI=1S/C28H32IN3O5S/c1-4-30-28(34)26(18-21-9-6-5-7-10-21)31(19-22-11-8-12-25(17-22)37-2)27(33)20-32(38(3,35)36)24-15-13-23(29)14-16-24/h5-17,26H,4,18-20H2,1-3H3,(H,30,34). The molecular formula is C28H32IN3O5S. The van der Waals surface area contributed by atoms with E-state index in [0.717, 1.165) is 25.3 Å². The number of likely N-dealkylation sites (N-methyl/N-ethyl adjacent to an activating group) is 1. The predicted octanol–water partition coefficient (Wildman–Crippen LogP) is 3.84. The van der Waals surface area contributed by atoms with Crippen LogP contribution < -0.4 is 14.4 Å². The number of anilines is 1. The first-order valence-electron chi connectivity index (χ1n) is 12.1. The lowest BCUT2D eigenvalue weighted by atomic mass is 10.0. The minimum atomic E-state index is -3.80. The van der Waals surface area contributed by atoms with E-state index in [0.29, 0.717) is 18.0 Å². The molecule has 1 N–H and O–H groups in total. The van der Waals surface area contributed by atoms with Crippen LogP contribution in [0.1, 0.15) is 18.1 Å². The molecule has 0 fully saturated rings. The Hall–Kier alpha value is -3.12. The summed E-state index contributed by atoms with van der Waals surface area (Å²) in [5, 5.41) is 2.84. The van der Waals surface area contributed by atoms with Crippen molar-refractivity contribution in [2.24, 2.45) is 0 Å². The Balaban J connectivity index is 2.04. The maximum atomic E-state index is 13.9. The van der Waals surface area contributed by atoms with E-state index in [1.54, 1.807) is 43.5 Å². The second-order valence-corrected chi connectivity index (χ2v) is 11.9. The normalized spacial score (nSPS) is 11.9. The third-order valence-electron chi connectivity index (χ3n) is 5.90. The van der Waals surface area contributed by atoms with Gasteiger partial charge in [-0.25, -0.2) is 8.42 Å². The average molecular weight is 650 g/mol. The van der Waals surface area contributed by atoms with Crippen LogP contribution in [0.2, 0.25) is 0 Å². The Kier molecular flexibility index (Phi) is 10.5. The Bertz CT molecular complexity index is 1330. The molecule has 3 aromatic carbocycles. The minimum Gasteiger partial charge on any atom is -0.497 e. The smallest absolute Gasteiger partial charge is 0.244 e. The van der Waals surface area contributed by atoms with Crippen molar-refractivity contribution in [3.8, 4) is 5.75 Å². The van der Waals surface area contributed by atoms with Crippen molar-refractivity contribution < 1.29 is 22.7 Å². The molecule has 8 nitrogen and oxygen atoms in total. The maximum absolute atomic E-state index is 13.9. The van der Waals surface area contributed by atoms with Gasteiger partial charge in [0.25, 0.3) is 0 Å². The summed E-state index contributed by atoms with van der Waals surface area (Å²) in [6.45, 7) is 1.85.